The summed E-state index contributed by atoms with van der Waals surface area (Å²) < 4.78 is 0. The SMILES string of the molecule is CC.CN(C)CCCNc1c2ccccc2nc2c1[nH]c1ccccc12. The molecule has 0 saturated carbocycles. The number of aromatic nitrogens is 2. The number of aromatic amines is 1. The maximum absolute atomic E-state index is 4.90. The summed E-state index contributed by atoms with van der Waals surface area (Å²) in [6, 6.07) is 16.7. The maximum atomic E-state index is 4.90. The Morgan fingerprint density at radius 1 is 0.962 bits per heavy atom. The van der Waals surface area contributed by atoms with Crippen LogP contribution in [0.5, 0.6) is 0 Å². The molecule has 0 aliphatic carbocycles. The van der Waals surface area contributed by atoms with Crippen LogP contribution in [-0.4, -0.2) is 42.1 Å². The molecule has 0 fully saturated rings. The summed E-state index contributed by atoms with van der Waals surface area (Å²) in [6.45, 7) is 6.02. The van der Waals surface area contributed by atoms with Gasteiger partial charge in [-0.2, -0.15) is 0 Å². The van der Waals surface area contributed by atoms with E-state index in [1.54, 1.807) is 0 Å². The van der Waals surface area contributed by atoms with Crippen LogP contribution in [0, 0.1) is 0 Å². The molecule has 2 aromatic carbocycles. The third-order valence-electron chi connectivity index (χ3n) is 4.42. The third-order valence-corrected chi connectivity index (χ3v) is 4.42. The number of H-pyrrole nitrogens is 1. The van der Waals surface area contributed by atoms with Gasteiger partial charge in [0, 0.05) is 22.8 Å². The Morgan fingerprint density at radius 2 is 1.65 bits per heavy atom. The van der Waals surface area contributed by atoms with Gasteiger partial charge in [-0.15, -0.1) is 0 Å². The maximum Gasteiger partial charge on any atom is 0.0986 e. The number of benzene rings is 2. The largest absolute Gasteiger partial charge is 0.383 e. The number of nitrogens with zero attached hydrogens (tertiary/aromatic N) is 2. The Kier molecular flexibility index (Phi) is 5.74. The molecule has 0 amide bonds. The molecule has 4 nitrogen and oxygen atoms in total. The van der Waals surface area contributed by atoms with Crippen LogP contribution in [0.4, 0.5) is 5.69 Å². The van der Waals surface area contributed by atoms with Gasteiger partial charge in [0.15, 0.2) is 0 Å². The lowest BCUT2D eigenvalue weighted by Gasteiger charge is -2.13. The molecule has 0 aliphatic rings. The zero-order valence-corrected chi connectivity index (χ0v) is 16.1. The Balaban J connectivity index is 0.000000948. The van der Waals surface area contributed by atoms with E-state index in [-0.39, 0.29) is 0 Å². The molecular weight excluding hydrogens is 320 g/mol. The van der Waals surface area contributed by atoms with Crippen molar-refractivity contribution in [2.24, 2.45) is 0 Å². The second-order valence-corrected chi connectivity index (χ2v) is 6.48. The Labute approximate surface area is 155 Å². The van der Waals surface area contributed by atoms with E-state index in [4.69, 9.17) is 4.98 Å². The van der Waals surface area contributed by atoms with Crippen molar-refractivity contribution in [3.05, 3.63) is 48.5 Å². The van der Waals surface area contributed by atoms with Crippen molar-refractivity contribution in [3.8, 4) is 0 Å². The first kappa shape index (κ1) is 18.2. The van der Waals surface area contributed by atoms with Gasteiger partial charge in [-0.1, -0.05) is 50.2 Å². The van der Waals surface area contributed by atoms with Crippen LogP contribution < -0.4 is 5.32 Å². The molecule has 26 heavy (non-hydrogen) atoms. The molecule has 2 heterocycles. The molecule has 136 valence electrons. The minimum atomic E-state index is 0.941. The van der Waals surface area contributed by atoms with Crippen molar-refractivity contribution < 1.29 is 0 Å². The number of fused-ring (bicyclic) bond motifs is 4. The first-order valence-corrected chi connectivity index (χ1v) is 9.42. The van der Waals surface area contributed by atoms with E-state index >= 15 is 0 Å². The summed E-state index contributed by atoms with van der Waals surface area (Å²) in [5, 5.41) is 5.99. The minimum absolute atomic E-state index is 0.941. The fraction of sp³-hybridized carbons (Fsp3) is 0.318. The van der Waals surface area contributed by atoms with Gasteiger partial charge in [0.1, 0.15) is 0 Å². The average Bonchev–Trinajstić information content (AvgIpc) is 3.04. The molecule has 0 saturated heterocycles. The minimum Gasteiger partial charge on any atom is -0.383 e. The Bertz CT molecular complexity index is 1000. The van der Waals surface area contributed by atoms with Crippen molar-refractivity contribution in [2.45, 2.75) is 20.3 Å². The van der Waals surface area contributed by atoms with Crippen LogP contribution in [0.2, 0.25) is 0 Å². The molecule has 2 aromatic heterocycles. The number of pyridine rings is 1. The van der Waals surface area contributed by atoms with E-state index in [9.17, 15) is 0 Å². The highest BCUT2D eigenvalue weighted by molar-refractivity contribution is 6.15. The van der Waals surface area contributed by atoms with E-state index in [2.05, 4.69) is 71.8 Å². The van der Waals surface area contributed by atoms with Gasteiger partial charge in [0.25, 0.3) is 0 Å². The molecular formula is C22H28N4. The van der Waals surface area contributed by atoms with Crippen molar-refractivity contribution in [1.82, 2.24) is 14.9 Å². The first-order valence-electron chi connectivity index (χ1n) is 9.42. The van der Waals surface area contributed by atoms with Crippen LogP contribution in [0.25, 0.3) is 32.8 Å². The molecule has 0 radical (unpaired) electrons. The van der Waals surface area contributed by atoms with Gasteiger partial charge in [0.2, 0.25) is 0 Å². The monoisotopic (exact) mass is 348 g/mol. The summed E-state index contributed by atoms with van der Waals surface area (Å²) in [5.74, 6) is 0. The van der Waals surface area contributed by atoms with Crippen LogP contribution in [0.3, 0.4) is 0 Å². The number of para-hydroxylation sites is 2. The van der Waals surface area contributed by atoms with Crippen LogP contribution in [-0.2, 0) is 0 Å². The van der Waals surface area contributed by atoms with Gasteiger partial charge < -0.3 is 15.2 Å². The zero-order chi connectivity index (χ0) is 18.5. The highest BCUT2D eigenvalue weighted by atomic mass is 15.1. The van der Waals surface area contributed by atoms with Crippen LogP contribution in [0.1, 0.15) is 20.3 Å². The van der Waals surface area contributed by atoms with E-state index in [0.29, 0.717) is 0 Å². The molecule has 0 spiro atoms. The van der Waals surface area contributed by atoms with Crippen molar-refractivity contribution in [1.29, 1.82) is 0 Å². The first-order chi connectivity index (χ1) is 12.7. The number of anilines is 1. The lowest BCUT2D eigenvalue weighted by molar-refractivity contribution is 0.405. The van der Waals surface area contributed by atoms with Crippen molar-refractivity contribution >= 4 is 38.5 Å². The molecule has 0 atom stereocenters. The van der Waals surface area contributed by atoms with E-state index in [1.807, 2.05) is 19.9 Å². The third kappa shape index (κ3) is 3.51. The lowest BCUT2D eigenvalue weighted by atomic mass is 10.1. The molecule has 0 unspecified atom stereocenters. The van der Waals surface area contributed by atoms with Crippen LogP contribution in [0.15, 0.2) is 48.5 Å². The average molecular weight is 348 g/mol. The molecule has 2 N–H and O–H groups in total. The highest BCUT2D eigenvalue weighted by Gasteiger charge is 2.13. The predicted molar refractivity (Wildman–Crippen MR) is 114 cm³/mol. The van der Waals surface area contributed by atoms with Crippen molar-refractivity contribution in [2.75, 3.05) is 32.5 Å². The van der Waals surface area contributed by atoms with Gasteiger partial charge in [-0.25, -0.2) is 4.98 Å². The summed E-state index contributed by atoms with van der Waals surface area (Å²) in [6.07, 6.45) is 1.10. The van der Waals surface area contributed by atoms with Gasteiger partial charge in [-0.3, -0.25) is 0 Å². The van der Waals surface area contributed by atoms with Crippen LogP contribution >= 0.6 is 0 Å². The highest BCUT2D eigenvalue weighted by Crippen LogP contribution is 2.34. The molecule has 4 heteroatoms. The van der Waals surface area contributed by atoms with Gasteiger partial charge in [0.05, 0.1) is 22.2 Å². The summed E-state index contributed by atoms with van der Waals surface area (Å²) >= 11 is 0. The van der Waals surface area contributed by atoms with Gasteiger partial charge in [-0.05, 0) is 39.2 Å². The normalized spacial score (nSPS) is 11.1. The summed E-state index contributed by atoms with van der Waals surface area (Å²) in [7, 11) is 4.22. The Morgan fingerprint density at radius 3 is 2.42 bits per heavy atom. The van der Waals surface area contributed by atoms with E-state index in [1.165, 1.54) is 10.8 Å². The number of hydrogen-bond donors (Lipinski definition) is 2. The molecule has 0 bridgehead atoms. The Hall–Kier alpha value is -2.59. The second kappa shape index (κ2) is 8.19. The zero-order valence-electron chi connectivity index (χ0n) is 16.1. The smallest absolute Gasteiger partial charge is 0.0986 e. The fourth-order valence-electron chi connectivity index (χ4n) is 3.25. The quantitative estimate of drug-likeness (QED) is 0.484. The van der Waals surface area contributed by atoms with E-state index < -0.39 is 0 Å². The standard InChI is InChI=1S/C20H22N4.C2H6/c1-24(2)13-7-12-21-18-14-8-3-5-10-16(14)22-19-15-9-4-6-11-17(15)23-20(18)19;1-2/h3-6,8-11,23H,7,12-13H2,1-2H3,(H,21,22);1-2H3. The molecule has 4 rings (SSSR count). The molecule has 4 aromatic rings. The lowest BCUT2D eigenvalue weighted by Crippen LogP contribution is -2.16. The van der Waals surface area contributed by atoms with Crippen molar-refractivity contribution in [3.63, 3.8) is 0 Å². The summed E-state index contributed by atoms with van der Waals surface area (Å²) in [5.41, 5.74) is 5.46. The predicted octanol–water partition coefficient (Wildman–Crippen LogP) is 5.26. The number of hydrogen-bond acceptors (Lipinski definition) is 3. The summed E-state index contributed by atoms with van der Waals surface area (Å²) in [4.78, 5) is 10.7. The number of nitrogens with one attached hydrogen (secondary N) is 2. The number of rotatable bonds is 5. The van der Waals surface area contributed by atoms with E-state index in [0.717, 1.165) is 47.3 Å². The topological polar surface area (TPSA) is 44.0 Å². The second-order valence-electron chi connectivity index (χ2n) is 6.48. The van der Waals surface area contributed by atoms with Gasteiger partial charge >= 0.3 is 0 Å². The fourth-order valence-corrected chi connectivity index (χ4v) is 3.25. The molecule has 0 aliphatic heterocycles.